The van der Waals surface area contributed by atoms with Gasteiger partial charge in [0.15, 0.2) is 0 Å². The summed E-state index contributed by atoms with van der Waals surface area (Å²) in [7, 11) is 3.31. The predicted molar refractivity (Wildman–Crippen MR) is 38.1 cm³/mol. The third kappa shape index (κ3) is 8.10. The van der Waals surface area contributed by atoms with Crippen LogP contribution in [0.5, 0.6) is 0 Å². The molecule has 0 aromatic carbocycles. The van der Waals surface area contributed by atoms with Gasteiger partial charge < -0.3 is 13.3 Å². The van der Waals surface area contributed by atoms with Gasteiger partial charge >= 0.3 is 9.53 Å². The molecule has 0 saturated heterocycles. The van der Waals surface area contributed by atoms with Crippen LogP contribution in [0.2, 0.25) is 0 Å². The van der Waals surface area contributed by atoms with Gasteiger partial charge in [-0.3, -0.25) is 0 Å². The molecule has 0 aliphatic rings. The minimum Gasteiger partial charge on any atom is -0.375 e. The first-order chi connectivity index (χ1) is 4.35. The summed E-state index contributed by atoms with van der Waals surface area (Å²) >= 11 is 0. The molecule has 0 aliphatic heterocycles. The summed E-state index contributed by atoms with van der Waals surface area (Å²) < 4.78 is 14.1. The van der Waals surface area contributed by atoms with Gasteiger partial charge in [0.05, 0.1) is 0 Å². The van der Waals surface area contributed by atoms with Crippen molar-refractivity contribution in [3.8, 4) is 0 Å². The van der Waals surface area contributed by atoms with Crippen molar-refractivity contribution in [2.24, 2.45) is 0 Å². The van der Waals surface area contributed by atoms with Crippen LogP contribution in [0, 0.1) is 0 Å². The summed E-state index contributed by atoms with van der Waals surface area (Å²) in [6.45, 7) is 4.00. The Labute approximate surface area is 58.9 Å². The van der Waals surface area contributed by atoms with Crippen molar-refractivity contribution < 1.29 is 13.3 Å². The van der Waals surface area contributed by atoms with Gasteiger partial charge in [0.25, 0.3) is 0 Å². The minimum atomic E-state index is -1.36. The molecular weight excluding hydrogens is 136 g/mol. The first-order valence-electron chi connectivity index (χ1n) is 2.84. The van der Waals surface area contributed by atoms with Gasteiger partial charge in [0, 0.05) is 21.3 Å². The normalized spacial score (nSPS) is 8.67. The first-order valence-corrected chi connectivity index (χ1v) is 4.06. The van der Waals surface area contributed by atoms with Gasteiger partial charge in [-0.25, -0.2) is 0 Å². The summed E-state index contributed by atoms with van der Waals surface area (Å²) in [6, 6.07) is 0. The zero-order valence-electron chi connectivity index (χ0n) is 6.72. The van der Waals surface area contributed by atoms with Crippen molar-refractivity contribution >= 4 is 9.53 Å². The van der Waals surface area contributed by atoms with E-state index in [1.54, 1.807) is 21.3 Å². The standard InChI is InChI=1S/C3H9O3Si.C2H6/c1-4-7(5-2)6-3;1-2/h1-3H3;1-2H3. The molecule has 0 rings (SSSR count). The zero-order chi connectivity index (χ0) is 7.70. The van der Waals surface area contributed by atoms with Crippen LogP contribution < -0.4 is 0 Å². The second-order valence-corrected chi connectivity index (χ2v) is 2.59. The smallest absolute Gasteiger partial charge is 0.375 e. The highest BCUT2D eigenvalue weighted by atomic mass is 28.3. The van der Waals surface area contributed by atoms with Crippen LogP contribution in [0.1, 0.15) is 13.8 Å². The Bertz CT molecular complexity index is 33.7. The van der Waals surface area contributed by atoms with Gasteiger partial charge in [-0.15, -0.1) is 0 Å². The molecular formula is C5H15O3Si. The third-order valence-electron chi connectivity index (χ3n) is 0.500. The number of rotatable bonds is 3. The molecule has 0 fully saturated rings. The lowest BCUT2D eigenvalue weighted by Crippen LogP contribution is -2.21. The van der Waals surface area contributed by atoms with E-state index < -0.39 is 9.53 Å². The van der Waals surface area contributed by atoms with E-state index >= 15 is 0 Å². The van der Waals surface area contributed by atoms with E-state index in [0.29, 0.717) is 0 Å². The molecule has 57 valence electrons. The van der Waals surface area contributed by atoms with Crippen LogP contribution in [-0.4, -0.2) is 30.9 Å². The molecule has 0 spiro atoms. The first kappa shape index (κ1) is 11.8. The average molecular weight is 151 g/mol. The highest BCUT2D eigenvalue weighted by Gasteiger charge is 2.09. The lowest BCUT2D eigenvalue weighted by Gasteiger charge is -2.02. The summed E-state index contributed by atoms with van der Waals surface area (Å²) in [5, 5.41) is 0. The lowest BCUT2D eigenvalue weighted by atomic mass is 11.0. The van der Waals surface area contributed by atoms with Gasteiger partial charge in [-0.2, -0.15) is 0 Å². The molecule has 0 saturated carbocycles. The molecule has 0 unspecified atom stereocenters. The lowest BCUT2D eigenvalue weighted by molar-refractivity contribution is 0.163. The van der Waals surface area contributed by atoms with Crippen molar-refractivity contribution in [2.45, 2.75) is 13.8 Å². The largest absolute Gasteiger partial charge is 0.576 e. The maximum absolute atomic E-state index is 4.71. The quantitative estimate of drug-likeness (QED) is 0.562. The van der Waals surface area contributed by atoms with Crippen molar-refractivity contribution in [3.63, 3.8) is 0 Å². The van der Waals surface area contributed by atoms with Crippen LogP contribution >= 0.6 is 0 Å². The van der Waals surface area contributed by atoms with Gasteiger partial charge in [0.1, 0.15) is 0 Å². The average Bonchev–Trinajstić information content (AvgIpc) is 1.96. The zero-order valence-corrected chi connectivity index (χ0v) is 7.72. The second-order valence-electron chi connectivity index (χ2n) is 0.862. The summed E-state index contributed by atoms with van der Waals surface area (Å²) in [6.07, 6.45) is 0. The van der Waals surface area contributed by atoms with Gasteiger partial charge in [0.2, 0.25) is 0 Å². The third-order valence-corrected chi connectivity index (χ3v) is 1.50. The highest BCUT2D eigenvalue weighted by molar-refractivity contribution is 6.36. The molecule has 0 aromatic rings. The predicted octanol–water partition coefficient (Wildman–Crippen LogP) is 0.937. The van der Waals surface area contributed by atoms with E-state index in [0.717, 1.165) is 0 Å². The maximum atomic E-state index is 4.71. The molecule has 0 atom stereocenters. The molecule has 1 radical (unpaired) electrons. The fourth-order valence-electron chi connectivity index (χ4n) is 0.250. The molecule has 0 aromatic heterocycles. The molecule has 3 nitrogen and oxygen atoms in total. The highest BCUT2D eigenvalue weighted by Crippen LogP contribution is 1.81. The Balaban J connectivity index is 0. The van der Waals surface area contributed by atoms with Crippen molar-refractivity contribution in [2.75, 3.05) is 21.3 Å². The summed E-state index contributed by atoms with van der Waals surface area (Å²) in [5.74, 6) is 0. The van der Waals surface area contributed by atoms with Crippen LogP contribution in [0.15, 0.2) is 0 Å². The number of hydrogen-bond acceptors (Lipinski definition) is 3. The van der Waals surface area contributed by atoms with Crippen LogP contribution in [0.4, 0.5) is 0 Å². The fourth-order valence-corrected chi connectivity index (χ4v) is 0.750. The second kappa shape index (κ2) is 11.0. The fraction of sp³-hybridized carbons (Fsp3) is 1.00. The Hall–Kier alpha value is 0.0969. The van der Waals surface area contributed by atoms with E-state index in [-0.39, 0.29) is 0 Å². The Morgan fingerprint density at radius 3 is 1.00 bits per heavy atom. The van der Waals surface area contributed by atoms with E-state index in [2.05, 4.69) is 0 Å². The molecule has 9 heavy (non-hydrogen) atoms. The van der Waals surface area contributed by atoms with Crippen LogP contribution in [-0.2, 0) is 13.3 Å². The molecule has 0 aliphatic carbocycles. The van der Waals surface area contributed by atoms with Crippen molar-refractivity contribution in [1.29, 1.82) is 0 Å². The van der Waals surface area contributed by atoms with Crippen molar-refractivity contribution in [3.05, 3.63) is 0 Å². The van der Waals surface area contributed by atoms with E-state index in [1.807, 2.05) is 13.8 Å². The number of hydrogen-bond donors (Lipinski definition) is 0. The van der Waals surface area contributed by atoms with E-state index in [1.165, 1.54) is 0 Å². The van der Waals surface area contributed by atoms with E-state index in [4.69, 9.17) is 13.3 Å². The monoisotopic (exact) mass is 151 g/mol. The molecule has 0 N–H and O–H groups in total. The van der Waals surface area contributed by atoms with Crippen LogP contribution in [0.25, 0.3) is 0 Å². The molecule has 0 amide bonds. The molecule has 4 heteroatoms. The Morgan fingerprint density at radius 2 is 1.00 bits per heavy atom. The van der Waals surface area contributed by atoms with Gasteiger partial charge in [-0.05, 0) is 0 Å². The Morgan fingerprint density at radius 1 is 0.778 bits per heavy atom. The summed E-state index contributed by atoms with van der Waals surface area (Å²) in [4.78, 5) is 0. The van der Waals surface area contributed by atoms with Gasteiger partial charge in [-0.1, -0.05) is 13.8 Å². The van der Waals surface area contributed by atoms with Crippen molar-refractivity contribution in [1.82, 2.24) is 0 Å². The molecule has 0 bridgehead atoms. The Kier molecular flexibility index (Phi) is 14.4. The minimum absolute atomic E-state index is 1.36. The van der Waals surface area contributed by atoms with Crippen LogP contribution in [0.3, 0.4) is 0 Å². The maximum Gasteiger partial charge on any atom is 0.576 e. The molecule has 0 heterocycles. The van der Waals surface area contributed by atoms with E-state index in [9.17, 15) is 0 Å². The summed E-state index contributed by atoms with van der Waals surface area (Å²) in [5.41, 5.74) is 0. The SMILES string of the molecule is CC.CO[Si](OC)OC. The topological polar surface area (TPSA) is 27.7 Å².